The topological polar surface area (TPSA) is 66.3 Å². The van der Waals surface area contributed by atoms with Crippen molar-refractivity contribution in [3.05, 3.63) is 47.9 Å². The van der Waals surface area contributed by atoms with Crippen molar-refractivity contribution in [1.82, 2.24) is 14.9 Å². The number of carboxylic acids is 1. The lowest BCUT2D eigenvalue weighted by Gasteiger charge is -2.29. The maximum atomic E-state index is 11.1. The van der Waals surface area contributed by atoms with Gasteiger partial charge in [0.05, 0.1) is 23.1 Å². The Labute approximate surface area is 136 Å². The van der Waals surface area contributed by atoms with E-state index in [1.54, 1.807) is 24.4 Å². The minimum Gasteiger partial charge on any atom is -0.478 e. The Hall–Kier alpha value is -2.27. The number of aromatic carboxylic acids is 1. The van der Waals surface area contributed by atoms with Crippen molar-refractivity contribution in [3.8, 4) is 11.3 Å². The summed E-state index contributed by atoms with van der Waals surface area (Å²) >= 11 is 0. The van der Waals surface area contributed by atoms with E-state index in [4.69, 9.17) is 5.11 Å². The van der Waals surface area contributed by atoms with Gasteiger partial charge in [0.15, 0.2) is 0 Å². The largest absolute Gasteiger partial charge is 0.478 e. The SMILES string of the molecule is CN1CCCC(Cc2cncc(-c3cccc(C(=O)O)c3)n2)C1. The van der Waals surface area contributed by atoms with E-state index >= 15 is 0 Å². The highest BCUT2D eigenvalue weighted by atomic mass is 16.4. The van der Waals surface area contributed by atoms with Crippen LogP contribution in [0.4, 0.5) is 0 Å². The summed E-state index contributed by atoms with van der Waals surface area (Å²) in [7, 11) is 2.16. The van der Waals surface area contributed by atoms with Gasteiger partial charge in [-0.05, 0) is 50.9 Å². The molecule has 0 bridgehead atoms. The molecule has 2 aromatic rings. The molecular weight excluding hydrogens is 290 g/mol. The molecule has 1 fully saturated rings. The van der Waals surface area contributed by atoms with Crippen LogP contribution in [0.5, 0.6) is 0 Å². The number of hydrogen-bond acceptors (Lipinski definition) is 4. The first-order valence-corrected chi connectivity index (χ1v) is 7.95. The summed E-state index contributed by atoms with van der Waals surface area (Å²) in [5, 5.41) is 9.11. The summed E-state index contributed by atoms with van der Waals surface area (Å²) in [5.74, 6) is -0.315. The number of hydrogen-bond donors (Lipinski definition) is 1. The van der Waals surface area contributed by atoms with E-state index in [2.05, 4.69) is 21.9 Å². The Kier molecular flexibility index (Phi) is 4.67. The molecule has 0 saturated carbocycles. The van der Waals surface area contributed by atoms with Gasteiger partial charge in [-0.1, -0.05) is 12.1 Å². The van der Waals surface area contributed by atoms with Crippen molar-refractivity contribution in [2.45, 2.75) is 19.3 Å². The predicted octanol–water partition coefficient (Wildman–Crippen LogP) is 2.73. The molecule has 23 heavy (non-hydrogen) atoms. The molecule has 1 atom stereocenters. The summed E-state index contributed by atoms with van der Waals surface area (Å²) in [4.78, 5) is 22.5. The average molecular weight is 311 g/mol. The second kappa shape index (κ2) is 6.87. The average Bonchev–Trinajstić information content (AvgIpc) is 2.55. The number of carbonyl (C=O) groups is 1. The van der Waals surface area contributed by atoms with Crippen molar-refractivity contribution in [1.29, 1.82) is 0 Å². The van der Waals surface area contributed by atoms with Gasteiger partial charge < -0.3 is 10.0 Å². The molecule has 0 spiro atoms. The molecule has 2 heterocycles. The van der Waals surface area contributed by atoms with Gasteiger partial charge in [0.1, 0.15) is 0 Å². The molecule has 5 heteroatoms. The number of rotatable bonds is 4. The summed E-state index contributed by atoms with van der Waals surface area (Å²) < 4.78 is 0. The maximum absolute atomic E-state index is 11.1. The lowest BCUT2D eigenvalue weighted by molar-refractivity contribution is 0.0697. The second-order valence-corrected chi connectivity index (χ2v) is 6.26. The van der Waals surface area contributed by atoms with Crippen molar-refractivity contribution in [2.75, 3.05) is 20.1 Å². The number of aromatic nitrogens is 2. The van der Waals surface area contributed by atoms with E-state index in [9.17, 15) is 4.79 Å². The minimum atomic E-state index is -0.929. The highest BCUT2D eigenvalue weighted by molar-refractivity contribution is 5.89. The number of nitrogens with zero attached hydrogens (tertiary/aromatic N) is 3. The summed E-state index contributed by atoms with van der Waals surface area (Å²) in [5.41, 5.74) is 2.77. The van der Waals surface area contributed by atoms with Crippen LogP contribution in [0, 0.1) is 5.92 Å². The Morgan fingerprint density at radius 2 is 2.26 bits per heavy atom. The van der Waals surface area contributed by atoms with Crippen LogP contribution in [0.1, 0.15) is 28.9 Å². The van der Waals surface area contributed by atoms with Crippen LogP contribution >= 0.6 is 0 Å². The molecule has 0 radical (unpaired) electrons. The third kappa shape index (κ3) is 3.93. The molecular formula is C18H21N3O2. The molecule has 0 aliphatic carbocycles. The predicted molar refractivity (Wildman–Crippen MR) is 88.4 cm³/mol. The van der Waals surface area contributed by atoms with Crippen LogP contribution in [0.15, 0.2) is 36.7 Å². The fourth-order valence-corrected chi connectivity index (χ4v) is 3.19. The lowest BCUT2D eigenvalue weighted by atomic mass is 9.94. The van der Waals surface area contributed by atoms with Crippen molar-refractivity contribution in [3.63, 3.8) is 0 Å². The van der Waals surface area contributed by atoms with Crippen LogP contribution < -0.4 is 0 Å². The van der Waals surface area contributed by atoms with E-state index in [-0.39, 0.29) is 5.56 Å². The van der Waals surface area contributed by atoms with Gasteiger partial charge in [0.25, 0.3) is 0 Å². The number of piperidine rings is 1. The number of carboxylic acid groups (broad SMARTS) is 1. The quantitative estimate of drug-likeness (QED) is 0.940. The normalized spacial score (nSPS) is 18.7. The van der Waals surface area contributed by atoms with E-state index in [1.807, 2.05) is 12.3 Å². The van der Waals surface area contributed by atoms with Crippen LogP contribution in [-0.2, 0) is 6.42 Å². The Balaban J connectivity index is 1.79. The maximum Gasteiger partial charge on any atom is 0.335 e. The van der Waals surface area contributed by atoms with Crippen LogP contribution in [-0.4, -0.2) is 46.1 Å². The Morgan fingerprint density at radius 1 is 1.39 bits per heavy atom. The summed E-state index contributed by atoms with van der Waals surface area (Å²) in [6.45, 7) is 2.27. The van der Waals surface area contributed by atoms with Gasteiger partial charge in [-0.25, -0.2) is 9.78 Å². The molecule has 1 aliphatic heterocycles. The minimum absolute atomic E-state index is 0.267. The molecule has 1 saturated heterocycles. The highest BCUT2D eigenvalue weighted by Crippen LogP contribution is 2.21. The van der Waals surface area contributed by atoms with Crippen molar-refractivity contribution >= 4 is 5.97 Å². The third-order valence-electron chi connectivity index (χ3n) is 4.31. The zero-order valence-corrected chi connectivity index (χ0v) is 13.3. The van der Waals surface area contributed by atoms with Gasteiger partial charge in [0.2, 0.25) is 0 Å². The van der Waals surface area contributed by atoms with Gasteiger partial charge in [-0.15, -0.1) is 0 Å². The van der Waals surface area contributed by atoms with Gasteiger partial charge in [-0.2, -0.15) is 0 Å². The number of benzene rings is 1. The molecule has 1 N–H and O–H groups in total. The molecule has 1 unspecified atom stereocenters. The lowest BCUT2D eigenvalue weighted by Crippen LogP contribution is -2.33. The second-order valence-electron chi connectivity index (χ2n) is 6.26. The van der Waals surface area contributed by atoms with Gasteiger partial charge >= 0.3 is 5.97 Å². The van der Waals surface area contributed by atoms with E-state index in [0.717, 1.165) is 29.9 Å². The van der Waals surface area contributed by atoms with E-state index in [1.165, 1.54) is 19.4 Å². The number of likely N-dealkylation sites (tertiary alicyclic amines) is 1. The standard InChI is InChI=1S/C18H21N3O2/c1-21-7-3-4-13(12-21)8-16-10-19-11-17(20-16)14-5-2-6-15(9-14)18(22)23/h2,5-6,9-11,13H,3-4,7-8,12H2,1H3,(H,22,23). The molecule has 3 rings (SSSR count). The first-order valence-electron chi connectivity index (χ1n) is 7.95. The van der Waals surface area contributed by atoms with Crippen LogP contribution in [0.2, 0.25) is 0 Å². The first-order chi connectivity index (χ1) is 11.1. The summed E-state index contributed by atoms with van der Waals surface area (Å²) in [6.07, 6.45) is 6.89. The van der Waals surface area contributed by atoms with E-state index in [0.29, 0.717) is 5.92 Å². The van der Waals surface area contributed by atoms with Crippen LogP contribution in [0.3, 0.4) is 0 Å². The Morgan fingerprint density at radius 3 is 3.04 bits per heavy atom. The fraction of sp³-hybridized carbons (Fsp3) is 0.389. The smallest absolute Gasteiger partial charge is 0.335 e. The van der Waals surface area contributed by atoms with E-state index < -0.39 is 5.97 Å². The molecule has 0 amide bonds. The molecule has 5 nitrogen and oxygen atoms in total. The monoisotopic (exact) mass is 311 g/mol. The zero-order valence-electron chi connectivity index (χ0n) is 13.3. The Bertz CT molecular complexity index is 702. The first kappa shape index (κ1) is 15.6. The fourth-order valence-electron chi connectivity index (χ4n) is 3.19. The van der Waals surface area contributed by atoms with Crippen molar-refractivity contribution in [2.24, 2.45) is 5.92 Å². The third-order valence-corrected chi connectivity index (χ3v) is 4.31. The molecule has 120 valence electrons. The van der Waals surface area contributed by atoms with Gasteiger partial charge in [0, 0.05) is 18.3 Å². The highest BCUT2D eigenvalue weighted by Gasteiger charge is 2.18. The van der Waals surface area contributed by atoms with Crippen LogP contribution in [0.25, 0.3) is 11.3 Å². The molecule has 1 aromatic heterocycles. The summed E-state index contributed by atoms with van der Waals surface area (Å²) in [6, 6.07) is 6.84. The zero-order chi connectivity index (χ0) is 16.2. The van der Waals surface area contributed by atoms with Crippen molar-refractivity contribution < 1.29 is 9.90 Å². The molecule has 1 aromatic carbocycles. The van der Waals surface area contributed by atoms with Gasteiger partial charge in [-0.3, -0.25) is 4.98 Å². The molecule has 1 aliphatic rings.